The maximum Gasteiger partial charge on any atom is 0.335 e. The number of para-hydroxylation sites is 1. The number of hydrogen-bond donors (Lipinski definition) is 1. The number of aromatic carboxylic acids is 1. The lowest BCUT2D eigenvalue weighted by Crippen LogP contribution is -2.14. The van der Waals surface area contributed by atoms with E-state index < -0.39 is 5.97 Å². The minimum Gasteiger partial charge on any atom is -0.487 e. The molecule has 0 aliphatic carbocycles. The Balaban J connectivity index is 1.78. The first-order valence-electron chi connectivity index (χ1n) is 9.64. The maximum absolute atomic E-state index is 11.2. The van der Waals surface area contributed by atoms with Gasteiger partial charge in [0, 0.05) is 5.56 Å². The van der Waals surface area contributed by atoms with Crippen molar-refractivity contribution in [1.82, 2.24) is 0 Å². The van der Waals surface area contributed by atoms with Crippen LogP contribution in [0.2, 0.25) is 0 Å². The lowest BCUT2D eigenvalue weighted by Gasteiger charge is -2.12. The van der Waals surface area contributed by atoms with Gasteiger partial charge < -0.3 is 19.4 Å². The molecular weight excluding hydrogens is 382 g/mol. The number of carboxylic acid groups (broad SMARTS) is 1. The van der Waals surface area contributed by atoms with Crippen LogP contribution in [0.15, 0.2) is 84.0 Å². The summed E-state index contributed by atoms with van der Waals surface area (Å²) in [6.45, 7) is 2.59. The average molecular weight is 405 g/mol. The molecule has 0 radical (unpaired) electrons. The molecule has 0 amide bonds. The third-order valence-electron chi connectivity index (χ3n) is 4.07. The highest BCUT2D eigenvalue weighted by atomic mass is 16.6. The fourth-order valence-corrected chi connectivity index (χ4v) is 2.61. The second kappa shape index (κ2) is 10.7. The van der Waals surface area contributed by atoms with Crippen molar-refractivity contribution in [3.63, 3.8) is 0 Å². The molecule has 0 atom stereocenters. The summed E-state index contributed by atoms with van der Waals surface area (Å²) in [6, 6.07) is 23.3. The minimum absolute atomic E-state index is 0.113. The van der Waals surface area contributed by atoms with E-state index in [2.05, 4.69) is 5.16 Å². The summed E-state index contributed by atoms with van der Waals surface area (Å²) in [4.78, 5) is 16.5. The lowest BCUT2D eigenvalue weighted by molar-refractivity contribution is 0.0696. The molecule has 6 nitrogen and oxygen atoms in total. The highest BCUT2D eigenvalue weighted by molar-refractivity contribution is 6.01. The van der Waals surface area contributed by atoms with E-state index in [4.69, 9.17) is 19.4 Å². The van der Waals surface area contributed by atoms with Crippen molar-refractivity contribution < 1.29 is 24.2 Å². The molecular formula is C24H23NO5. The molecule has 3 aromatic carbocycles. The van der Waals surface area contributed by atoms with Gasteiger partial charge in [0.05, 0.1) is 5.56 Å². The Hall–Kier alpha value is -3.80. The zero-order chi connectivity index (χ0) is 21.2. The largest absolute Gasteiger partial charge is 0.487 e. The van der Waals surface area contributed by atoms with Crippen LogP contribution < -0.4 is 9.47 Å². The van der Waals surface area contributed by atoms with Gasteiger partial charge >= 0.3 is 5.97 Å². The van der Waals surface area contributed by atoms with Crippen molar-refractivity contribution >= 4 is 11.7 Å². The van der Waals surface area contributed by atoms with E-state index in [0.717, 1.165) is 17.7 Å². The van der Waals surface area contributed by atoms with Gasteiger partial charge in [0.15, 0.2) is 0 Å². The molecule has 0 spiro atoms. The fourth-order valence-electron chi connectivity index (χ4n) is 2.61. The van der Waals surface area contributed by atoms with Gasteiger partial charge in [-0.3, -0.25) is 0 Å². The zero-order valence-corrected chi connectivity index (χ0v) is 16.7. The molecule has 6 heteroatoms. The Morgan fingerprint density at radius 3 is 2.27 bits per heavy atom. The Labute approximate surface area is 175 Å². The molecule has 0 saturated carbocycles. The molecule has 0 fully saturated rings. The number of carbonyl (C=O) groups is 1. The molecule has 0 aliphatic heterocycles. The normalized spacial score (nSPS) is 11.0. The summed E-state index contributed by atoms with van der Waals surface area (Å²) >= 11 is 0. The minimum atomic E-state index is -1.01. The van der Waals surface area contributed by atoms with Crippen LogP contribution in [0.3, 0.4) is 0 Å². The summed E-state index contributed by atoms with van der Waals surface area (Å²) in [7, 11) is 0. The van der Waals surface area contributed by atoms with Gasteiger partial charge in [-0.05, 0) is 48.9 Å². The van der Waals surface area contributed by atoms with Crippen LogP contribution in [-0.4, -0.2) is 30.0 Å². The first-order chi connectivity index (χ1) is 14.7. The van der Waals surface area contributed by atoms with Crippen molar-refractivity contribution in [2.45, 2.75) is 13.3 Å². The SMILES string of the molecule is CCCO/N=C(\COc1cccc(C(=O)O)c1)c1cccc(Oc2ccccc2)c1. The van der Waals surface area contributed by atoms with Crippen LogP contribution in [0, 0.1) is 0 Å². The third kappa shape index (κ3) is 6.10. The molecule has 0 saturated heterocycles. The molecule has 154 valence electrons. The maximum atomic E-state index is 11.2. The van der Waals surface area contributed by atoms with Gasteiger partial charge in [0.1, 0.15) is 36.2 Å². The van der Waals surface area contributed by atoms with Crippen LogP contribution in [0.25, 0.3) is 0 Å². The third-order valence-corrected chi connectivity index (χ3v) is 4.07. The quantitative estimate of drug-likeness (QED) is 0.278. The van der Waals surface area contributed by atoms with Crippen molar-refractivity contribution in [1.29, 1.82) is 0 Å². The predicted octanol–water partition coefficient (Wildman–Crippen LogP) is 5.39. The Kier molecular flexibility index (Phi) is 7.44. The van der Waals surface area contributed by atoms with E-state index in [1.54, 1.807) is 12.1 Å². The van der Waals surface area contributed by atoms with Crippen LogP contribution >= 0.6 is 0 Å². The van der Waals surface area contributed by atoms with Gasteiger partial charge in [0.25, 0.3) is 0 Å². The van der Waals surface area contributed by atoms with Gasteiger partial charge in [-0.25, -0.2) is 4.79 Å². The molecule has 0 bridgehead atoms. The summed E-state index contributed by atoms with van der Waals surface area (Å²) in [5, 5.41) is 13.4. The van der Waals surface area contributed by atoms with E-state index >= 15 is 0 Å². The zero-order valence-electron chi connectivity index (χ0n) is 16.7. The molecule has 0 aliphatic rings. The number of oxime groups is 1. The standard InChI is InChI=1S/C24H23NO5/c1-2-14-29-25-23(17-28-21-12-7-9-19(16-21)24(26)27)18-8-6-13-22(15-18)30-20-10-4-3-5-11-20/h3-13,15-16H,2,14,17H2,1H3,(H,26,27)/b25-23+. The van der Waals surface area contributed by atoms with Gasteiger partial charge in [-0.15, -0.1) is 0 Å². The highest BCUT2D eigenvalue weighted by Crippen LogP contribution is 2.22. The van der Waals surface area contributed by atoms with Gasteiger partial charge in [0.2, 0.25) is 0 Å². The van der Waals surface area contributed by atoms with Crippen LogP contribution in [0.5, 0.6) is 17.2 Å². The van der Waals surface area contributed by atoms with E-state index in [9.17, 15) is 4.79 Å². The molecule has 0 aromatic heterocycles. The molecule has 0 heterocycles. The van der Waals surface area contributed by atoms with E-state index in [1.807, 2.05) is 61.5 Å². The van der Waals surface area contributed by atoms with Gasteiger partial charge in [-0.2, -0.15) is 0 Å². The number of benzene rings is 3. The van der Waals surface area contributed by atoms with E-state index in [1.165, 1.54) is 12.1 Å². The number of ether oxygens (including phenoxy) is 2. The summed E-state index contributed by atoms with van der Waals surface area (Å²) in [5.41, 5.74) is 1.52. The highest BCUT2D eigenvalue weighted by Gasteiger charge is 2.10. The first kappa shape index (κ1) is 20.9. The topological polar surface area (TPSA) is 77.4 Å². The lowest BCUT2D eigenvalue weighted by atomic mass is 10.1. The van der Waals surface area contributed by atoms with Crippen molar-refractivity contribution in [3.05, 3.63) is 90.0 Å². The fraction of sp³-hybridized carbons (Fsp3) is 0.167. The van der Waals surface area contributed by atoms with Gasteiger partial charge in [-0.1, -0.05) is 48.5 Å². The number of rotatable bonds is 10. The van der Waals surface area contributed by atoms with Crippen LogP contribution in [0.4, 0.5) is 0 Å². The number of carboxylic acids is 1. The molecule has 0 unspecified atom stereocenters. The van der Waals surface area contributed by atoms with Crippen molar-refractivity contribution in [2.24, 2.45) is 5.16 Å². The second-order valence-electron chi connectivity index (χ2n) is 6.44. The first-order valence-corrected chi connectivity index (χ1v) is 9.64. The Bertz CT molecular complexity index is 1000. The smallest absolute Gasteiger partial charge is 0.335 e. The van der Waals surface area contributed by atoms with E-state index in [-0.39, 0.29) is 12.2 Å². The second-order valence-corrected chi connectivity index (χ2v) is 6.44. The average Bonchev–Trinajstić information content (AvgIpc) is 2.77. The molecule has 3 aromatic rings. The molecule has 30 heavy (non-hydrogen) atoms. The van der Waals surface area contributed by atoms with E-state index in [0.29, 0.717) is 23.8 Å². The number of nitrogens with zero attached hydrogens (tertiary/aromatic N) is 1. The van der Waals surface area contributed by atoms with Crippen LogP contribution in [-0.2, 0) is 4.84 Å². The Morgan fingerprint density at radius 2 is 1.53 bits per heavy atom. The summed E-state index contributed by atoms with van der Waals surface area (Å²) in [5.74, 6) is 0.827. The Morgan fingerprint density at radius 1 is 0.867 bits per heavy atom. The van der Waals surface area contributed by atoms with Crippen LogP contribution in [0.1, 0.15) is 29.3 Å². The molecule has 1 N–H and O–H groups in total. The monoisotopic (exact) mass is 405 g/mol. The summed E-state index contributed by atoms with van der Waals surface area (Å²) < 4.78 is 11.7. The predicted molar refractivity (Wildman–Crippen MR) is 115 cm³/mol. The van der Waals surface area contributed by atoms with Crippen molar-refractivity contribution in [3.8, 4) is 17.2 Å². The van der Waals surface area contributed by atoms with Crippen molar-refractivity contribution in [2.75, 3.05) is 13.2 Å². The molecule has 3 rings (SSSR count). The number of hydrogen-bond acceptors (Lipinski definition) is 5. The summed E-state index contributed by atoms with van der Waals surface area (Å²) in [6.07, 6.45) is 0.829.